The van der Waals surface area contributed by atoms with E-state index < -0.39 is 0 Å². The van der Waals surface area contributed by atoms with E-state index >= 15 is 0 Å². The predicted octanol–water partition coefficient (Wildman–Crippen LogP) is 2.79. The summed E-state index contributed by atoms with van der Waals surface area (Å²) in [6, 6.07) is 6.91. The molecule has 0 unspecified atom stereocenters. The first-order chi connectivity index (χ1) is 6.16. The van der Waals surface area contributed by atoms with Crippen molar-refractivity contribution < 1.29 is 0 Å². The number of halogens is 2. The Morgan fingerprint density at radius 3 is 2.85 bits per heavy atom. The number of hydrogen-bond acceptors (Lipinski definition) is 1. The van der Waals surface area contributed by atoms with Crippen molar-refractivity contribution in [1.29, 1.82) is 0 Å². The lowest BCUT2D eigenvalue weighted by molar-refractivity contribution is 1.30. The predicted molar refractivity (Wildman–Crippen MR) is 62.3 cm³/mol. The molecule has 1 heterocycles. The number of rotatable bonds is 0. The Morgan fingerprint density at radius 2 is 2.08 bits per heavy atom. The van der Waals surface area contributed by atoms with Gasteiger partial charge in [0.2, 0.25) is 5.56 Å². The topological polar surface area (TPSA) is 32.9 Å². The van der Waals surface area contributed by atoms with E-state index in [2.05, 4.69) is 27.6 Å². The van der Waals surface area contributed by atoms with Crippen LogP contribution in [0.25, 0.3) is 10.9 Å². The van der Waals surface area contributed by atoms with E-state index in [1.807, 2.05) is 12.1 Å². The Kier molecular flexibility index (Phi) is 2.29. The quantitative estimate of drug-likeness (QED) is 0.746. The summed E-state index contributed by atoms with van der Waals surface area (Å²) in [6.45, 7) is 0. The molecule has 0 saturated heterocycles. The van der Waals surface area contributed by atoms with Crippen LogP contribution < -0.4 is 5.56 Å². The molecule has 0 atom stereocenters. The van der Waals surface area contributed by atoms with E-state index in [0.717, 1.165) is 14.5 Å². The SMILES string of the molecule is O=c1ccc2cc(Cl)cc(I)c2[nH]1. The second-order valence-electron chi connectivity index (χ2n) is 2.67. The van der Waals surface area contributed by atoms with Crippen LogP contribution >= 0.6 is 34.2 Å². The fourth-order valence-electron chi connectivity index (χ4n) is 1.19. The molecule has 2 rings (SSSR count). The van der Waals surface area contributed by atoms with Crippen LogP contribution in [0.15, 0.2) is 29.1 Å². The van der Waals surface area contributed by atoms with Crippen molar-refractivity contribution in [1.82, 2.24) is 4.98 Å². The molecule has 0 spiro atoms. The maximum Gasteiger partial charge on any atom is 0.248 e. The number of aromatic amines is 1. The molecule has 2 nitrogen and oxygen atoms in total. The van der Waals surface area contributed by atoms with Crippen molar-refractivity contribution in [3.8, 4) is 0 Å². The van der Waals surface area contributed by atoms with Gasteiger partial charge in [-0.15, -0.1) is 0 Å². The fourth-order valence-corrected chi connectivity index (χ4v) is 2.38. The Balaban J connectivity index is 2.95. The Labute approximate surface area is 93.1 Å². The van der Waals surface area contributed by atoms with Gasteiger partial charge in [-0.3, -0.25) is 4.79 Å². The van der Waals surface area contributed by atoms with E-state index in [1.54, 1.807) is 6.07 Å². The molecule has 1 aromatic heterocycles. The number of H-pyrrole nitrogens is 1. The van der Waals surface area contributed by atoms with E-state index in [9.17, 15) is 4.79 Å². The molecule has 0 amide bonds. The number of nitrogens with one attached hydrogen (secondary N) is 1. The first-order valence-corrected chi connectivity index (χ1v) is 5.10. The number of benzene rings is 1. The molecule has 0 fully saturated rings. The highest BCUT2D eigenvalue weighted by Crippen LogP contribution is 2.22. The summed E-state index contributed by atoms with van der Waals surface area (Å²) in [4.78, 5) is 13.8. The number of hydrogen-bond donors (Lipinski definition) is 1. The van der Waals surface area contributed by atoms with E-state index in [0.29, 0.717) is 5.02 Å². The van der Waals surface area contributed by atoms with Crippen LogP contribution in [0.4, 0.5) is 0 Å². The summed E-state index contributed by atoms with van der Waals surface area (Å²) in [5.41, 5.74) is 0.755. The molecule has 13 heavy (non-hydrogen) atoms. The van der Waals surface area contributed by atoms with Gasteiger partial charge in [-0.25, -0.2) is 0 Å². The van der Waals surface area contributed by atoms with Crippen LogP contribution in [0, 0.1) is 3.57 Å². The molecule has 4 heteroatoms. The second-order valence-corrected chi connectivity index (χ2v) is 4.27. The number of pyridine rings is 1. The van der Waals surface area contributed by atoms with Crippen LogP contribution in [0.2, 0.25) is 5.02 Å². The first kappa shape index (κ1) is 9.02. The lowest BCUT2D eigenvalue weighted by atomic mass is 10.2. The molecular weight excluding hydrogens is 300 g/mol. The highest BCUT2D eigenvalue weighted by Gasteiger charge is 2.00. The zero-order valence-electron chi connectivity index (χ0n) is 6.47. The third-order valence-electron chi connectivity index (χ3n) is 1.75. The summed E-state index contributed by atoms with van der Waals surface area (Å²) in [7, 11) is 0. The average Bonchev–Trinajstić information content (AvgIpc) is 2.06. The van der Waals surface area contributed by atoms with Gasteiger partial charge in [-0.1, -0.05) is 11.6 Å². The van der Waals surface area contributed by atoms with Crippen molar-refractivity contribution in [3.63, 3.8) is 0 Å². The van der Waals surface area contributed by atoms with Gasteiger partial charge in [0.25, 0.3) is 0 Å². The molecule has 0 radical (unpaired) electrons. The van der Waals surface area contributed by atoms with Gasteiger partial charge < -0.3 is 4.98 Å². The molecule has 66 valence electrons. The summed E-state index contributed by atoms with van der Waals surface area (Å²) >= 11 is 8.01. The summed E-state index contributed by atoms with van der Waals surface area (Å²) in [6.07, 6.45) is 0. The highest BCUT2D eigenvalue weighted by molar-refractivity contribution is 14.1. The molecule has 0 aliphatic heterocycles. The van der Waals surface area contributed by atoms with E-state index in [1.165, 1.54) is 6.07 Å². The maximum absolute atomic E-state index is 11.0. The van der Waals surface area contributed by atoms with Crippen molar-refractivity contribution in [2.24, 2.45) is 0 Å². The highest BCUT2D eigenvalue weighted by atomic mass is 127. The molecule has 2 aromatic rings. The Bertz CT molecular complexity index is 520. The third kappa shape index (κ3) is 1.71. The summed E-state index contributed by atoms with van der Waals surface area (Å²) in [5, 5.41) is 1.64. The zero-order valence-corrected chi connectivity index (χ0v) is 9.39. The zero-order chi connectivity index (χ0) is 9.42. The Hall–Kier alpha value is -0.550. The van der Waals surface area contributed by atoms with Gasteiger partial charge >= 0.3 is 0 Å². The van der Waals surface area contributed by atoms with Crippen molar-refractivity contribution in [3.05, 3.63) is 43.2 Å². The first-order valence-electron chi connectivity index (χ1n) is 3.65. The average molecular weight is 306 g/mol. The van der Waals surface area contributed by atoms with E-state index in [-0.39, 0.29) is 5.56 Å². The minimum Gasteiger partial charge on any atom is -0.321 e. The normalized spacial score (nSPS) is 10.6. The maximum atomic E-state index is 11.0. The molecule has 0 aliphatic carbocycles. The van der Waals surface area contributed by atoms with Crippen molar-refractivity contribution in [2.75, 3.05) is 0 Å². The van der Waals surface area contributed by atoms with Gasteiger partial charge in [-0.2, -0.15) is 0 Å². The minimum atomic E-state index is -0.0901. The second kappa shape index (κ2) is 3.31. The van der Waals surface area contributed by atoms with Crippen LogP contribution in [-0.2, 0) is 0 Å². The van der Waals surface area contributed by atoms with E-state index in [4.69, 9.17) is 11.6 Å². The largest absolute Gasteiger partial charge is 0.321 e. The van der Waals surface area contributed by atoms with Crippen molar-refractivity contribution >= 4 is 45.1 Å². The number of aromatic nitrogens is 1. The summed E-state index contributed by atoms with van der Waals surface area (Å²) in [5.74, 6) is 0. The van der Waals surface area contributed by atoms with Gasteiger partial charge in [0.15, 0.2) is 0 Å². The molecule has 1 N–H and O–H groups in total. The lowest BCUT2D eigenvalue weighted by Gasteiger charge is -2.00. The Morgan fingerprint density at radius 1 is 1.31 bits per heavy atom. The van der Waals surface area contributed by atoms with Crippen molar-refractivity contribution in [2.45, 2.75) is 0 Å². The fraction of sp³-hybridized carbons (Fsp3) is 0. The molecular formula is C9H5ClINO. The standard InChI is InChI=1S/C9H5ClINO/c10-6-3-5-1-2-8(13)12-9(5)7(11)4-6/h1-4H,(H,12,13). The molecule has 0 saturated carbocycles. The van der Waals surface area contributed by atoms with Gasteiger partial charge in [-0.05, 0) is 40.8 Å². The smallest absolute Gasteiger partial charge is 0.248 e. The van der Waals surface area contributed by atoms with Gasteiger partial charge in [0.05, 0.1) is 5.52 Å². The summed E-state index contributed by atoms with van der Waals surface area (Å²) < 4.78 is 0.956. The molecule has 0 aliphatic rings. The van der Waals surface area contributed by atoms with Gasteiger partial charge in [0, 0.05) is 20.0 Å². The minimum absolute atomic E-state index is 0.0901. The van der Waals surface area contributed by atoms with Crippen LogP contribution in [0.1, 0.15) is 0 Å². The third-order valence-corrected chi connectivity index (χ3v) is 2.82. The molecule has 1 aromatic carbocycles. The van der Waals surface area contributed by atoms with Gasteiger partial charge in [0.1, 0.15) is 0 Å². The molecule has 0 bridgehead atoms. The van der Waals surface area contributed by atoms with Crippen LogP contribution in [-0.4, -0.2) is 4.98 Å². The monoisotopic (exact) mass is 305 g/mol. The number of fused-ring (bicyclic) bond motifs is 1. The van der Waals surface area contributed by atoms with Crippen LogP contribution in [0.3, 0.4) is 0 Å². The van der Waals surface area contributed by atoms with Crippen LogP contribution in [0.5, 0.6) is 0 Å². The lowest BCUT2D eigenvalue weighted by Crippen LogP contribution is -2.03.